The average Bonchev–Trinajstić information content (AvgIpc) is 3.27. The molecule has 3 N–H and O–H groups in total. The molecule has 0 spiro atoms. The summed E-state index contributed by atoms with van der Waals surface area (Å²) < 4.78 is 24.0. The smallest absolute Gasteiger partial charge is 0.354 e. The Labute approximate surface area is 163 Å². The van der Waals surface area contributed by atoms with Crippen molar-refractivity contribution in [2.45, 2.75) is 63.0 Å². The van der Waals surface area contributed by atoms with Crippen LogP contribution in [0.1, 0.15) is 48.4 Å². The van der Waals surface area contributed by atoms with Crippen molar-refractivity contribution in [3.05, 3.63) is 34.5 Å². The molecule has 3 atom stereocenters. The fourth-order valence-electron chi connectivity index (χ4n) is 4.58. The van der Waals surface area contributed by atoms with Crippen LogP contribution in [-0.4, -0.2) is 26.1 Å². The number of fused-ring (bicyclic) bond motifs is 3. The number of aromatic nitrogens is 2. The molecule has 2 heterocycles. The molecule has 0 saturated carbocycles. The Kier molecular flexibility index (Phi) is 3.82. The first-order valence-corrected chi connectivity index (χ1v) is 11.2. The highest BCUT2D eigenvalue weighted by Crippen LogP contribution is 2.45. The number of carbonyl (C=O) groups is 1. The van der Waals surface area contributed by atoms with Crippen LogP contribution in [-0.2, 0) is 35.7 Å². The lowest BCUT2D eigenvalue weighted by molar-refractivity contribution is 0.248. The van der Waals surface area contributed by atoms with Crippen molar-refractivity contribution in [1.82, 2.24) is 9.78 Å². The monoisotopic (exact) mass is 401 g/mol. The number of hydrogen-bond donors (Lipinski definition) is 2. The number of nitrogens with two attached hydrogens (primary N) is 1. The summed E-state index contributed by atoms with van der Waals surface area (Å²) in [5.74, 6) is 0.724. The van der Waals surface area contributed by atoms with E-state index in [1.54, 1.807) is 4.68 Å². The number of rotatable bonds is 2. The van der Waals surface area contributed by atoms with Crippen molar-refractivity contribution in [2.24, 2.45) is 9.50 Å². The van der Waals surface area contributed by atoms with Crippen molar-refractivity contribution in [3.8, 4) is 5.88 Å². The second-order valence-corrected chi connectivity index (χ2v) is 9.70. The third-order valence-corrected chi connectivity index (χ3v) is 7.16. The van der Waals surface area contributed by atoms with Crippen molar-refractivity contribution in [1.29, 1.82) is 0 Å². The molecule has 28 heavy (non-hydrogen) atoms. The van der Waals surface area contributed by atoms with E-state index >= 15 is 0 Å². The predicted octanol–water partition coefficient (Wildman–Crippen LogP) is 2.75. The van der Waals surface area contributed by atoms with Crippen LogP contribution in [0.25, 0.3) is 0 Å². The normalized spacial score (nSPS) is 23.7. The molecule has 9 heteroatoms. The van der Waals surface area contributed by atoms with Crippen molar-refractivity contribution < 1.29 is 13.7 Å². The van der Waals surface area contributed by atoms with Crippen LogP contribution in [0.3, 0.4) is 0 Å². The molecule has 1 aromatic heterocycles. The van der Waals surface area contributed by atoms with E-state index in [9.17, 15) is 9.00 Å². The van der Waals surface area contributed by atoms with E-state index in [-0.39, 0.29) is 11.0 Å². The van der Waals surface area contributed by atoms with Crippen LogP contribution in [0.15, 0.2) is 21.5 Å². The summed E-state index contributed by atoms with van der Waals surface area (Å²) in [5.41, 5.74) is 5.79. The summed E-state index contributed by atoms with van der Waals surface area (Å²) in [5, 5.41) is 13.0. The molecular formula is C19H23N5O3S. The molecule has 148 valence electrons. The van der Waals surface area contributed by atoms with Crippen molar-refractivity contribution in [3.63, 3.8) is 0 Å². The van der Waals surface area contributed by atoms with Gasteiger partial charge in [-0.3, -0.25) is 0 Å². The number of anilines is 1. The van der Waals surface area contributed by atoms with Crippen LogP contribution < -0.4 is 15.2 Å². The number of benzene rings is 1. The van der Waals surface area contributed by atoms with Crippen LogP contribution in [0.4, 0.5) is 10.5 Å². The molecule has 0 radical (unpaired) electrons. The maximum absolute atomic E-state index is 13.0. The lowest BCUT2D eigenvalue weighted by atomic mass is 9.75. The molecule has 1 aliphatic heterocycles. The summed E-state index contributed by atoms with van der Waals surface area (Å²) in [4.78, 5) is 12.8. The molecule has 5 rings (SSSR count). The quantitative estimate of drug-likeness (QED) is 0.806. The minimum Gasteiger partial charge on any atom is -0.472 e. The Morgan fingerprint density at radius 3 is 3.00 bits per heavy atom. The Morgan fingerprint density at radius 1 is 1.39 bits per heavy atom. The van der Waals surface area contributed by atoms with Crippen LogP contribution in [0.5, 0.6) is 5.88 Å². The molecule has 2 amide bonds. The SMILES string of the molecule is CC1Cn2ncc(S(N)(=O)=NC(=O)Nc3c4c(cc5c3[C@H](C)C5)CCC4)c2O1. The Bertz CT molecular complexity index is 1130. The van der Waals surface area contributed by atoms with E-state index in [4.69, 9.17) is 9.88 Å². The van der Waals surface area contributed by atoms with Gasteiger partial charge in [0.05, 0.1) is 12.7 Å². The average molecular weight is 401 g/mol. The molecule has 2 aromatic rings. The van der Waals surface area contributed by atoms with Gasteiger partial charge in [-0.05, 0) is 60.8 Å². The molecule has 1 aromatic carbocycles. The van der Waals surface area contributed by atoms with Gasteiger partial charge in [0.25, 0.3) is 0 Å². The number of aryl methyl sites for hydroxylation is 1. The third-order valence-electron chi connectivity index (χ3n) is 5.81. The second-order valence-electron chi connectivity index (χ2n) is 7.94. The van der Waals surface area contributed by atoms with Crippen LogP contribution in [0, 0.1) is 0 Å². The first-order valence-electron chi connectivity index (χ1n) is 9.59. The maximum atomic E-state index is 13.0. The van der Waals surface area contributed by atoms with Gasteiger partial charge in [0.2, 0.25) is 5.88 Å². The Morgan fingerprint density at radius 2 is 2.21 bits per heavy atom. The highest BCUT2D eigenvalue weighted by Gasteiger charge is 2.32. The fourth-order valence-corrected chi connectivity index (χ4v) is 5.57. The maximum Gasteiger partial charge on any atom is 0.354 e. The predicted molar refractivity (Wildman–Crippen MR) is 105 cm³/mol. The zero-order valence-corrected chi connectivity index (χ0v) is 16.7. The summed E-state index contributed by atoms with van der Waals surface area (Å²) in [7, 11) is -3.46. The standard InChI is InChI=1S/C19H23N5O3S/c1-10-6-13-7-12-4-3-5-14(12)17(16(10)13)22-19(25)23-28(20,26)15-8-21-24-9-11(2)27-18(15)24/h7-8,10-11H,3-6,9H2,1-2H3,(H3,20,22,23,25,26)/t10-,11?,28?/m1/s1. The molecule has 3 aliphatic rings. The molecule has 0 saturated heterocycles. The van der Waals surface area contributed by atoms with E-state index in [0.717, 1.165) is 31.4 Å². The van der Waals surface area contributed by atoms with Crippen molar-refractivity contribution in [2.75, 3.05) is 5.32 Å². The van der Waals surface area contributed by atoms with Gasteiger partial charge in [-0.25, -0.2) is 18.8 Å². The van der Waals surface area contributed by atoms with Crippen LogP contribution >= 0.6 is 0 Å². The zero-order chi connectivity index (χ0) is 19.6. The number of urea groups is 1. The molecule has 2 unspecified atom stereocenters. The summed E-state index contributed by atoms with van der Waals surface area (Å²) in [6.07, 6.45) is 5.36. The molecule has 0 fully saturated rings. The minimum absolute atomic E-state index is 0.0845. The summed E-state index contributed by atoms with van der Waals surface area (Å²) >= 11 is 0. The number of amides is 2. The molecular weight excluding hydrogens is 378 g/mol. The van der Waals surface area contributed by atoms with E-state index in [2.05, 4.69) is 27.8 Å². The van der Waals surface area contributed by atoms with Gasteiger partial charge >= 0.3 is 6.03 Å². The lowest BCUT2D eigenvalue weighted by Gasteiger charge is -2.31. The number of nitrogens with zero attached hydrogens (tertiary/aromatic N) is 3. The molecule has 2 aliphatic carbocycles. The molecule has 0 bridgehead atoms. The number of nitrogens with one attached hydrogen (secondary N) is 1. The van der Waals surface area contributed by atoms with Gasteiger partial charge in [0, 0.05) is 5.69 Å². The Balaban J connectivity index is 1.49. The minimum atomic E-state index is -3.46. The lowest BCUT2D eigenvalue weighted by Crippen LogP contribution is -2.23. The second kappa shape index (κ2) is 6.05. The fraction of sp³-hybridized carbons (Fsp3) is 0.474. The van der Waals surface area contributed by atoms with Gasteiger partial charge < -0.3 is 10.1 Å². The largest absolute Gasteiger partial charge is 0.472 e. The van der Waals surface area contributed by atoms with Gasteiger partial charge in [-0.2, -0.15) is 5.10 Å². The summed E-state index contributed by atoms with van der Waals surface area (Å²) in [6, 6.07) is 1.57. The van der Waals surface area contributed by atoms with Crippen molar-refractivity contribution >= 4 is 21.6 Å². The van der Waals surface area contributed by atoms with E-state index < -0.39 is 15.9 Å². The van der Waals surface area contributed by atoms with Gasteiger partial charge in [-0.15, -0.1) is 4.36 Å². The zero-order valence-electron chi connectivity index (χ0n) is 15.9. The van der Waals surface area contributed by atoms with Gasteiger partial charge in [0.15, 0.2) is 9.92 Å². The van der Waals surface area contributed by atoms with Gasteiger partial charge in [-0.1, -0.05) is 13.0 Å². The number of carbonyl (C=O) groups excluding carboxylic acids is 1. The third kappa shape index (κ3) is 2.64. The van der Waals surface area contributed by atoms with Crippen LogP contribution in [0.2, 0.25) is 0 Å². The summed E-state index contributed by atoms with van der Waals surface area (Å²) in [6.45, 7) is 4.59. The van der Waals surface area contributed by atoms with E-state index in [1.807, 2.05) is 6.92 Å². The van der Waals surface area contributed by atoms with Gasteiger partial charge in [0.1, 0.15) is 11.0 Å². The van der Waals surface area contributed by atoms with E-state index in [0.29, 0.717) is 18.3 Å². The topological polar surface area (TPSA) is 112 Å². The first-order chi connectivity index (χ1) is 13.3. The highest BCUT2D eigenvalue weighted by atomic mass is 32.2. The number of hydrogen-bond acceptors (Lipinski definition) is 4. The Hall–Kier alpha value is -2.39. The number of ether oxygens (including phenoxy) is 1. The highest BCUT2D eigenvalue weighted by molar-refractivity contribution is 7.91. The molecule has 8 nitrogen and oxygen atoms in total. The first kappa shape index (κ1) is 17.7. The van der Waals surface area contributed by atoms with E-state index in [1.165, 1.54) is 28.5 Å².